The first-order valence-corrected chi connectivity index (χ1v) is 23.6. The Labute approximate surface area is 336 Å². The number of esters is 2. The average molecular weight is 796 g/mol. The van der Waals surface area contributed by atoms with Gasteiger partial charge in [-0.2, -0.15) is 0 Å². The first kappa shape index (κ1) is 53.0. The molecule has 0 radical (unpaired) electrons. The minimum absolute atomic E-state index is 0.0485. The van der Waals surface area contributed by atoms with Crippen molar-refractivity contribution in [2.45, 2.75) is 200 Å². The summed E-state index contributed by atoms with van der Waals surface area (Å²) < 4.78 is 32.8. The van der Waals surface area contributed by atoms with Crippen molar-refractivity contribution in [3.05, 3.63) is 48.6 Å². The summed E-state index contributed by atoms with van der Waals surface area (Å²) >= 11 is 0. The predicted molar refractivity (Wildman–Crippen MR) is 229 cm³/mol. The quantitative estimate of drug-likeness (QED) is 0.0268. The van der Waals surface area contributed by atoms with Gasteiger partial charge in [0, 0.05) is 19.4 Å². The SMILES string of the molecule is CCCCCC/C=C\C/C=C\CCCCCCCCCC(=O)OC(COC(=O)CCCCCCC/C=C\C/C=C\CCCCCC)COP(=O)(O)OCCN. The molecule has 0 aliphatic carbocycles. The van der Waals surface area contributed by atoms with Gasteiger partial charge in [-0.25, -0.2) is 4.57 Å². The maximum atomic E-state index is 12.6. The van der Waals surface area contributed by atoms with E-state index in [2.05, 4.69) is 62.5 Å². The summed E-state index contributed by atoms with van der Waals surface area (Å²) in [4.78, 5) is 34.9. The summed E-state index contributed by atoms with van der Waals surface area (Å²) in [6.45, 7) is 3.67. The topological polar surface area (TPSA) is 134 Å². The van der Waals surface area contributed by atoms with Crippen molar-refractivity contribution < 1.29 is 37.6 Å². The molecule has 0 rings (SSSR count). The number of unbranched alkanes of at least 4 members (excludes halogenated alkanes) is 20. The Morgan fingerprint density at radius 2 is 0.945 bits per heavy atom. The van der Waals surface area contributed by atoms with Crippen LogP contribution in [-0.4, -0.2) is 49.3 Å². The number of phosphoric ester groups is 1. The molecule has 320 valence electrons. The Hall–Kier alpha value is -2.03. The number of hydrogen-bond donors (Lipinski definition) is 2. The van der Waals surface area contributed by atoms with Crippen molar-refractivity contribution in [2.24, 2.45) is 5.73 Å². The van der Waals surface area contributed by atoms with E-state index < -0.39 is 32.5 Å². The Bertz CT molecular complexity index is 1040. The number of hydrogen-bond acceptors (Lipinski definition) is 8. The van der Waals surface area contributed by atoms with Crippen LogP contribution < -0.4 is 5.73 Å². The highest BCUT2D eigenvalue weighted by Crippen LogP contribution is 2.43. The number of ether oxygens (including phenoxy) is 2. The van der Waals surface area contributed by atoms with Gasteiger partial charge in [-0.1, -0.05) is 152 Å². The van der Waals surface area contributed by atoms with Crippen LogP contribution in [0.1, 0.15) is 194 Å². The van der Waals surface area contributed by atoms with E-state index in [4.69, 9.17) is 24.3 Å². The third-order valence-corrected chi connectivity index (χ3v) is 10.2. The van der Waals surface area contributed by atoms with Gasteiger partial charge in [0.2, 0.25) is 0 Å². The lowest BCUT2D eigenvalue weighted by atomic mass is 10.1. The Balaban J connectivity index is 4.19. The smallest absolute Gasteiger partial charge is 0.462 e. The molecule has 0 fully saturated rings. The molecule has 55 heavy (non-hydrogen) atoms. The highest BCUT2D eigenvalue weighted by molar-refractivity contribution is 7.47. The van der Waals surface area contributed by atoms with Gasteiger partial charge < -0.3 is 20.1 Å². The summed E-state index contributed by atoms with van der Waals surface area (Å²) in [5.41, 5.74) is 5.35. The molecule has 0 saturated heterocycles. The maximum Gasteiger partial charge on any atom is 0.472 e. The molecule has 3 N–H and O–H groups in total. The molecule has 9 nitrogen and oxygen atoms in total. The van der Waals surface area contributed by atoms with E-state index in [1.165, 1.54) is 83.5 Å². The van der Waals surface area contributed by atoms with E-state index in [9.17, 15) is 19.0 Å². The number of allylic oxidation sites excluding steroid dienone is 8. The first-order valence-electron chi connectivity index (χ1n) is 22.1. The largest absolute Gasteiger partial charge is 0.472 e. The molecule has 0 spiro atoms. The number of rotatable bonds is 41. The van der Waals surface area contributed by atoms with Gasteiger partial charge in [0.05, 0.1) is 13.2 Å². The van der Waals surface area contributed by atoms with Crippen molar-refractivity contribution in [1.29, 1.82) is 0 Å². The van der Waals surface area contributed by atoms with E-state index in [1.54, 1.807) is 0 Å². The van der Waals surface area contributed by atoms with Crippen LogP contribution >= 0.6 is 7.82 Å². The van der Waals surface area contributed by atoms with Crippen LogP contribution in [0, 0.1) is 0 Å². The van der Waals surface area contributed by atoms with E-state index in [1.807, 2.05) is 0 Å². The first-order chi connectivity index (χ1) is 26.8. The van der Waals surface area contributed by atoms with Crippen LogP contribution in [0.3, 0.4) is 0 Å². The van der Waals surface area contributed by atoms with Gasteiger partial charge in [0.15, 0.2) is 6.10 Å². The maximum absolute atomic E-state index is 12.6. The van der Waals surface area contributed by atoms with Gasteiger partial charge >= 0.3 is 19.8 Å². The van der Waals surface area contributed by atoms with Crippen molar-refractivity contribution in [3.63, 3.8) is 0 Å². The molecule has 0 aliphatic heterocycles. The fraction of sp³-hybridized carbons (Fsp3) is 0.778. The van der Waals surface area contributed by atoms with Gasteiger partial charge in [0.25, 0.3) is 0 Å². The average Bonchev–Trinajstić information content (AvgIpc) is 3.17. The Morgan fingerprint density at radius 1 is 0.545 bits per heavy atom. The van der Waals surface area contributed by atoms with E-state index in [0.717, 1.165) is 70.6 Å². The van der Waals surface area contributed by atoms with E-state index in [0.29, 0.717) is 12.8 Å². The molecule has 0 amide bonds. The number of nitrogens with two attached hydrogens (primary N) is 1. The van der Waals surface area contributed by atoms with Crippen molar-refractivity contribution in [3.8, 4) is 0 Å². The fourth-order valence-electron chi connectivity index (χ4n) is 5.87. The van der Waals surface area contributed by atoms with Crippen LogP contribution in [0.15, 0.2) is 48.6 Å². The van der Waals surface area contributed by atoms with Gasteiger partial charge in [-0.3, -0.25) is 18.6 Å². The fourth-order valence-corrected chi connectivity index (χ4v) is 6.64. The molecule has 0 aromatic rings. The molecular weight excluding hydrogens is 713 g/mol. The normalized spacial score (nSPS) is 13.7. The highest BCUT2D eigenvalue weighted by Gasteiger charge is 2.26. The lowest BCUT2D eigenvalue weighted by Crippen LogP contribution is -2.29. The molecule has 0 bridgehead atoms. The van der Waals surface area contributed by atoms with Crippen molar-refractivity contribution in [2.75, 3.05) is 26.4 Å². The molecule has 0 aromatic carbocycles. The molecule has 2 unspecified atom stereocenters. The van der Waals surface area contributed by atoms with E-state index >= 15 is 0 Å². The summed E-state index contributed by atoms with van der Waals surface area (Å²) in [6.07, 6.45) is 47.0. The van der Waals surface area contributed by atoms with Crippen LogP contribution in [-0.2, 0) is 32.7 Å². The number of phosphoric acid groups is 1. The van der Waals surface area contributed by atoms with E-state index in [-0.39, 0.29) is 32.6 Å². The molecule has 0 aliphatic rings. The second kappa shape index (κ2) is 41.6. The van der Waals surface area contributed by atoms with Crippen molar-refractivity contribution >= 4 is 19.8 Å². The minimum Gasteiger partial charge on any atom is -0.462 e. The van der Waals surface area contributed by atoms with Crippen LogP contribution in [0.5, 0.6) is 0 Å². The second-order valence-corrected chi connectivity index (χ2v) is 16.0. The highest BCUT2D eigenvalue weighted by atomic mass is 31.2. The van der Waals surface area contributed by atoms with Gasteiger partial charge in [0.1, 0.15) is 6.61 Å². The summed E-state index contributed by atoms with van der Waals surface area (Å²) in [7, 11) is -4.38. The zero-order chi connectivity index (χ0) is 40.3. The molecule has 10 heteroatoms. The molecule has 2 atom stereocenters. The zero-order valence-corrected chi connectivity index (χ0v) is 36.0. The standard InChI is InChI=1S/C45H82NO8P/c1-3-5-7-9-11-13-15-17-19-21-22-24-26-28-30-32-34-36-38-45(48)54-43(42-53-55(49,50)52-40-39-46)41-51-44(47)37-35-33-31-29-27-25-23-20-18-16-14-12-10-8-6-4-2/h13-16,19-21,23,43H,3-12,17-18,22,24-42,46H2,1-2H3,(H,49,50)/b15-13-,16-14-,21-19-,23-20-. The van der Waals surface area contributed by atoms with Gasteiger partial charge in [-0.05, 0) is 77.0 Å². The number of carbonyl (C=O) groups excluding carboxylic acids is 2. The summed E-state index contributed by atoms with van der Waals surface area (Å²) in [5, 5.41) is 0. The Morgan fingerprint density at radius 3 is 1.38 bits per heavy atom. The summed E-state index contributed by atoms with van der Waals surface area (Å²) in [5.74, 6) is -0.854. The predicted octanol–water partition coefficient (Wildman–Crippen LogP) is 12.7. The number of carbonyl (C=O) groups is 2. The van der Waals surface area contributed by atoms with Crippen molar-refractivity contribution in [1.82, 2.24) is 0 Å². The molecule has 0 aromatic heterocycles. The molecular formula is C45H82NO8P. The van der Waals surface area contributed by atoms with Crippen LogP contribution in [0.25, 0.3) is 0 Å². The summed E-state index contributed by atoms with van der Waals surface area (Å²) in [6, 6.07) is 0. The monoisotopic (exact) mass is 796 g/mol. The molecule has 0 saturated carbocycles. The lowest BCUT2D eigenvalue weighted by Gasteiger charge is -2.19. The third-order valence-electron chi connectivity index (χ3n) is 9.19. The second-order valence-electron chi connectivity index (χ2n) is 14.6. The third kappa shape index (κ3) is 41.4. The zero-order valence-electron chi connectivity index (χ0n) is 35.2. The molecule has 0 heterocycles. The van der Waals surface area contributed by atoms with Crippen LogP contribution in [0.4, 0.5) is 0 Å². The minimum atomic E-state index is -4.38. The lowest BCUT2D eigenvalue weighted by molar-refractivity contribution is -0.161. The van der Waals surface area contributed by atoms with Gasteiger partial charge in [-0.15, -0.1) is 0 Å². The Kier molecular flexibility index (Phi) is 40.1. The van der Waals surface area contributed by atoms with Crippen LogP contribution in [0.2, 0.25) is 0 Å².